The first-order valence-electron chi connectivity index (χ1n) is 3.63. The predicted octanol–water partition coefficient (Wildman–Crippen LogP) is 3.87. The number of benzene rings is 1. The Bertz CT molecular complexity index is 245. The van der Waals surface area contributed by atoms with Crippen LogP contribution in [0.1, 0.15) is 12.5 Å². The molecule has 0 aromatic heterocycles. The number of aryl methyl sites for hydroxylation is 1. The van der Waals surface area contributed by atoms with Gasteiger partial charge in [0.1, 0.15) is 0 Å². The molecule has 0 spiro atoms. The van der Waals surface area contributed by atoms with Crippen molar-refractivity contribution in [3.8, 4) is 0 Å². The molecule has 2 heteroatoms. The van der Waals surface area contributed by atoms with E-state index in [-0.39, 0.29) is 0 Å². The highest BCUT2D eigenvalue weighted by atomic mass is 79.9. The average Bonchev–Trinajstić information content (AvgIpc) is 1.98. The molecule has 0 bridgehead atoms. The van der Waals surface area contributed by atoms with Gasteiger partial charge in [-0.15, -0.1) is 11.8 Å². The van der Waals surface area contributed by atoms with Crippen LogP contribution in [0.5, 0.6) is 0 Å². The largest absolute Gasteiger partial charge is 0.126 e. The zero-order valence-electron chi connectivity index (χ0n) is 6.73. The Balaban J connectivity index is 2.86. The molecule has 0 saturated carbocycles. The average molecular weight is 231 g/mol. The molecule has 0 atom stereocenters. The maximum absolute atomic E-state index is 3.50. The lowest BCUT2D eigenvalue weighted by Crippen LogP contribution is -1.77. The Kier molecular flexibility index (Phi) is 3.46. The van der Waals surface area contributed by atoms with Crippen LogP contribution in [0, 0.1) is 6.92 Å². The minimum Gasteiger partial charge on any atom is -0.126 e. The molecule has 0 radical (unpaired) electrons. The van der Waals surface area contributed by atoms with Crippen LogP contribution in [0.3, 0.4) is 0 Å². The second-order valence-electron chi connectivity index (χ2n) is 2.34. The molecular formula is C9H11BrS. The van der Waals surface area contributed by atoms with Crippen LogP contribution in [-0.4, -0.2) is 5.75 Å². The first kappa shape index (κ1) is 9.14. The Hall–Kier alpha value is 0.0500. The van der Waals surface area contributed by atoms with Crippen molar-refractivity contribution in [1.29, 1.82) is 0 Å². The van der Waals surface area contributed by atoms with Gasteiger partial charge in [-0.25, -0.2) is 0 Å². The maximum atomic E-state index is 3.50. The van der Waals surface area contributed by atoms with Gasteiger partial charge >= 0.3 is 0 Å². The molecule has 1 aromatic rings. The number of halogens is 1. The normalized spacial score (nSPS) is 10.1. The van der Waals surface area contributed by atoms with E-state index in [1.54, 1.807) is 0 Å². The van der Waals surface area contributed by atoms with Crippen LogP contribution >= 0.6 is 27.7 Å². The van der Waals surface area contributed by atoms with Gasteiger partial charge in [0, 0.05) is 9.37 Å². The van der Waals surface area contributed by atoms with E-state index in [4.69, 9.17) is 0 Å². The van der Waals surface area contributed by atoms with Gasteiger partial charge in [-0.1, -0.05) is 28.9 Å². The molecule has 0 saturated heterocycles. The van der Waals surface area contributed by atoms with Gasteiger partial charge in [-0.3, -0.25) is 0 Å². The van der Waals surface area contributed by atoms with E-state index in [0.717, 1.165) is 5.75 Å². The summed E-state index contributed by atoms with van der Waals surface area (Å²) in [5.41, 5.74) is 1.30. The molecule has 0 nitrogen and oxygen atoms in total. The van der Waals surface area contributed by atoms with Gasteiger partial charge < -0.3 is 0 Å². The van der Waals surface area contributed by atoms with E-state index in [1.165, 1.54) is 14.9 Å². The van der Waals surface area contributed by atoms with Gasteiger partial charge in [0.05, 0.1) is 0 Å². The van der Waals surface area contributed by atoms with Crippen molar-refractivity contribution in [2.45, 2.75) is 18.7 Å². The zero-order valence-corrected chi connectivity index (χ0v) is 9.13. The van der Waals surface area contributed by atoms with Crippen LogP contribution in [-0.2, 0) is 0 Å². The highest BCUT2D eigenvalue weighted by Gasteiger charge is 1.95. The first-order chi connectivity index (χ1) is 5.24. The Morgan fingerprint density at radius 1 is 1.45 bits per heavy atom. The second-order valence-corrected chi connectivity index (χ2v) is 4.54. The van der Waals surface area contributed by atoms with E-state index in [0.29, 0.717) is 0 Å². The van der Waals surface area contributed by atoms with Crippen molar-refractivity contribution in [3.63, 3.8) is 0 Å². The summed E-state index contributed by atoms with van der Waals surface area (Å²) in [4.78, 5) is 1.34. The van der Waals surface area contributed by atoms with Gasteiger partial charge in [0.2, 0.25) is 0 Å². The lowest BCUT2D eigenvalue weighted by Gasteiger charge is -2.01. The fraction of sp³-hybridized carbons (Fsp3) is 0.333. The van der Waals surface area contributed by atoms with Crippen molar-refractivity contribution in [2.24, 2.45) is 0 Å². The number of rotatable bonds is 2. The second kappa shape index (κ2) is 4.17. The Labute approximate surface area is 80.5 Å². The highest BCUT2D eigenvalue weighted by Crippen LogP contribution is 2.24. The third-order valence-corrected chi connectivity index (χ3v) is 3.18. The van der Waals surface area contributed by atoms with Crippen molar-refractivity contribution in [2.75, 3.05) is 5.75 Å². The molecule has 0 heterocycles. The molecule has 0 amide bonds. The molecular weight excluding hydrogens is 220 g/mol. The van der Waals surface area contributed by atoms with Crippen LogP contribution in [0.4, 0.5) is 0 Å². The molecule has 60 valence electrons. The number of hydrogen-bond donors (Lipinski definition) is 0. The van der Waals surface area contributed by atoms with Crippen molar-refractivity contribution >= 4 is 27.7 Å². The third kappa shape index (κ3) is 2.53. The lowest BCUT2D eigenvalue weighted by atomic mass is 10.2. The number of thioether (sulfide) groups is 1. The molecule has 0 aliphatic heterocycles. The number of hydrogen-bond acceptors (Lipinski definition) is 1. The van der Waals surface area contributed by atoms with E-state index in [9.17, 15) is 0 Å². The van der Waals surface area contributed by atoms with Crippen molar-refractivity contribution in [1.82, 2.24) is 0 Å². The summed E-state index contributed by atoms with van der Waals surface area (Å²) in [6, 6.07) is 6.47. The summed E-state index contributed by atoms with van der Waals surface area (Å²) >= 11 is 5.37. The summed E-state index contributed by atoms with van der Waals surface area (Å²) < 4.78 is 1.20. The van der Waals surface area contributed by atoms with Gasteiger partial charge in [-0.05, 0) is 30.4 Å². The summed E-state index contributed by atoms with van der Waals surface area (Å²) in [6.45, 7) is 4.27. The van der Waals surface area contributed by atoms with Crippen molar-refractivity contribution in [3.05, 3.63) is 28.2 Å². The molecule has 0 fully saturated rings. The molecule has 0 unspecified atom stereocenters. The van der Waals surface area contributed by atoms with Crippen LogP contribution in [0.2, 0.25) is 0 Å². The van der Waals surface area contributed by atoms with Gasteiger partial charge in [0.25, 0.3) is 0 Å². The van der Waals surface area contributed by atoms with E-state index in [1.807, 2.05) is 11.8 Å². The quantitative estimate of drug-likeness (QED) is 0.696. The highest BCUT2D eigenvalue weighted by molar-refractivity contribution is 9.10. The molecule has 11 heavy (non-hydrogen) atoms. The Morgan fingerprint density at radius 3 is 2.73 bits per heavy atom. The van der Waals surface area contributed by atoms with E-state index in [2.05, 4.69) is 48.0 Å². The topological polar surface area (TPSA) is 0 Å². The fourth-order valence-electron chi connectivity index (χ4n) is 0.830. The van der Waals surface area contributed by atoms with Crippen molar-refractivity contribution < 1.29 is 0 Å². The molecule has 1 aromatic carbocycles. The summed E-state index contributed by atoms with van der Waals surface area (Å²) in [7, 11) is 0. The molecule has 0 N–H and O–H groups in total. The standard InChI is InChI=1S/C9H11BrS/c1-3-11-8-5-4-7(2)9(10)6-8/h4-6H,3H2,1-2H3. The smallest absolute Gasteiger partial charge is 0.0215 e. The van der Waals surface area contributed by atoms with E-state index < -0.39 is 0 Å². The minimum absolute atomic E-state index is 1.13. The van der Waals surface area contributed by atoms with Gasteiger partial charge in [-0.2, -0.15) is 0 Å². The minimum atomic E-state index is 1.13. The zero-order chi connectivity index (χ0) is 8.27. The lowest BCUT2D eigenvalue weighted by molar-refractivity contribution is 1.34. The summed E-state index contributed by atoms with van der Waals surface area (Å²) in [5.74, 6) is 1.13. The first-order valence-corrected chi connectivity index (χ1v) is 5.41. The van der Waals surface area contributed by atoms with Crippen LogP contribution in [0.25, 0.3) is 0 Å². The van der Waals surface area contributed by atoms with Crippen LogP contribution in [0.15, 0.2) is 27.6 Å². The fourth-order valence-corrected chi connectivity index (χ4v) is 2.06. The molecule has 0 aliphatic rings. The van der Waals surface area contributed by atoms with E-state index >= 15 is 0 Å². The summed E-state index contributed by atoms with van der Waals surface area (Å²) in [6.07, 6.45) is 0. The monoisotopic (exact) mass is 230 g/mol. The summed E-state index contributed by atoms with van der Waals surface area (Å²) in [5, 5.41) is 0. The third-order valence-electron chi connectivity index (χ3n) is 1.45. The molecule has 1 rings (SSSR count). The SMILES string of the molecule is CCSc1ccc(C)c(Br)c1. The molecule has 0 aliphatic carbocycles. The van der Waals surface area contributed by atoms with Gasteiger partial charge in [0.15, 0.2) is 0 Å². The maximum Gasteiger partial charge on any atom is 0.0215 e. The Morgan fingerprint density at radius 2 is 2.18 bits per heavy atom. The van der Waals surface area contributed by atoms with Crippen LogP contribution < -0.4 is 0 Å². The predicted molar refractivity (Wildman–Crippen MR) is 55.3 cm³/mol.